The molecule has 2 heterocycles. The number of halogens is 1. The van der Waals surface area contributed by atoms with E-state index in [1.807, 2.05) is 0 Å². The highest BCUT2D eigenvalue weighted by atomic mass is 32.2. The molecule has 1 amide bonds. The van der Waals surface area contributed by atoms with Gasteiger partial charge in [-0.05, 0) is 85.1 Å². The SMILES string of the molecule is COc1ccc(/C=N/N(C(=O)c2ccc(S(=O)(=O)N3CCCCC3)cc2)c2nc3ccc(F)cc3s2)cc1. The molecule has 0 spiro atoms. The number of fused-ring (bicyclic) bond motifs is 1. The van der Waals surface area contributed by atoms with Crippen LogP contribution in [0.25, 0.3) is 10.2 Å². The van der Waals surface area contributed by atoms with Gasteiger partial charge < -0.3 is 4.74 Å². The second-order valence-corrected chi connectivity index (χ2v) is 11.7. The molecule has 1 aliphatic heterocycles. The van der Waals surface area contributed by atoms with Gasteiger partial charge >= 0.3 is 0 Å². The molecule has 0 saturated carbocycles. The van der Waals surface area contributed by atoms with Gasteiger partial charge in [-0.2, -0.15) is 14.4 Å². The van der Waals surface area contributed by atoms with Crippen LogP contribution in [0.4, 0.5) is 9.52 Å². The molecule has 11 heteroatoms. The number of benzene rings is 3. The summed E-state index contributed by atoms with van der Waals surface area (Å²) in [6.07, 6.45) is 4.20. The molecule has 0 unspecified atom stereocenters. The van der Waals surface area contributed by atoms with E-state index < -0.39 is 21.7 Å². The molecular weight excluding hydrogens is 527 g/mol. The number of anilines is 1. The van der Waals surface area contributed by atoms with Gasteiger partial charge in [0.05, 0.1) is 28.4 Å². The first-order chi connectivity index (χ1) is 18.3. The number of thiazole rings is 1. The molecule has 1 aromatic heterocycles. The Morgan fingerprint density at radius 1 is 1.05 bits per heavy atom. The second-order valence-electron chi connectivity index (χ2n) is 8.73. The molecule has 3 aromatic carbocycles. The largest absolute Gasteiger partial charge is 0.497 e. The van der Waals surface area contributed by atoms with Crippen molar-refractivity contribution in [2.24, 2.45) is 5.10 Å². The number of piperidine rings is 1. The van der Waals surface area contributed by atoms with Gasteiger partial charge in [0.1, 0.15) is 11.6 Å². The number of hydrazone groups is 1. The topological polar surface area (TPSA) is 92.2 Å². The molecule has 5 rings (SSSR count). The number of carbonyl (C=O) groups excluding carboxylic acids is 1. The summed E-state index contributed by atoms with van der Waals surface area (Å²) >= 11 is 1.13. The van der Waals surface area contributed by atoms with E-state index in [1.54, 1.807) is 37.4 Å². The molecule has 0 radical (unpaired) electrons. The van der Waals surface area contributed by atoms with Crippen LogP contribution in [0, 0.1) is 5.82 Å². The molecule has 1 fully saturated rings. The average molecular weight is 553 g/mol. The normalized spacial score (nSPS) is 14.7. The van der Waals surface area contributed by atoms with Crippen LogP contribution in [-0.2, 0) is 10.0 Å². The van der Waals surface area contributed by atoms with Gasteiger partial charge in [-0.1, -0.05) is 17.8 Å². The van der Waals surface area contributed by atoms with Crippen LogP contribution in [0.15, 0.2) is 76.7 Å². The Hall–Kier alpha value is -3.67. The van der Waals surface area contributed by atoms with E-state index in [4.69, 9.17) is 4.74 Å². The molecule has 1 saturated heterocycles. The lowest BCUT2D eigenvalue weighted by molar-refractivity contribution is 0.0987. The van der Waals surface area contributed by atoms with Crippen LogP contribution in [0.2, 0.25) is 0 Å². The number of rotatable bonds is 7. The Balaban J connectivity index is 1.47. The fourth-order valence-corrected chi connectivity index (χ4v) is 6.59. The quantitative estimate of drug-likeness (QED) is 0.229. The van der Waals surface area contributed by atoms with Gasteiger partial charge in [-0.25, -0.2) is 17.8 Å². The fourth-order valence-electron chi connectivity index (χ4n) is 4.13. The number of sulfonamides is 1. The molecule has 4 aromatic rings. The minimum atomic E-state index is -3.63. The number of nitrogens with zero attached hydrogens (tertiary/aromatic N) is 4. The summed E-state index contributed by atoms with van der Waals surface area (Å²) < 4.78 is 47.0. The molecular formula is C27H25FN4O4S2. The van der Waals surface area contributed by atoms with Crippen molar-refractivity contribution in [3.8, 4) is 5.75 Å². The number of hydrogen-bond acceptors (Lipinski definition) is 7. The molecule has 1 aliphatic rings. The molecule has 0 aliphatic carbocycles. The first kappa shape index (κ1) is 26.0. The molecule has 0 atom stereocenters. The van der Waals surface area contributed by atoms with Gasteiger partial charge in [0.25, 0.3) is 5.91 Å². The maximum absolute atomic E-state index is 13.8. The van der Waals surface area contributed by atoms with Crippen LogP contribution in [-0.4, -0.2) is 50.0 Å². The number of amides is 1. The second kappa shape index (κ2) is 11.0. The van der Waals surface area contributed by atoms with Crippen molar-refractivity contribution < 1.29 is 22.3 Å². The third-order valence-corrected chi connectivity index (χ3v) is 9.11. The smallest absolute Gasteiger partial charge is 0.280 e. The Morgan fingerprint density at radius 2 is 1.76 bits per heavy atom. The third-order valence-electron chi connectivity index (χ3n) is 6.20. The Morgan fingerprint density at radius 3 is 2.45 bits per heavy atom. The highest BCUT2D eigenvalue weighted by Gasteiger charge is 2.27. The van der Waals surface area contributed by atoms with Crippen molar-refractivity contribution in [1.82, 2.24) is 9.29 Å². The van der Waals surface area contributed by atoms with E-state index in [0.717, 1.165) is 41.2 Å². The summed E-state index contributed by atoms with van der Waals surface area (Å²) in [5, 5.41) is 5.80. The lowest BCUT2D eigenvalue weighted by atomic mass is 10.2. The summed E-state index contributed by atoms with van der Waals surface area (Å²) in [7, 11) is -2.06. The first-order valence-corrected chi connectivity index (χ1v) is 14.3. The van der Waals surface area contributed by atoms with Crippen molar-refractivity contribution >= 4 is 48.8 Å². The first-order valence-electron chi connectivity index (χ1n) is 12.0. The van der Waals surface area contributed by atoms with Crippen molar-refractivity contribution in [1.29, 1.82) is 0 Å². The predicted octanol–water partition coefficient (Wildman–Crippen LogP) is 5.30. The fraction of sp³-hybridized carbons (Fsp3) is 0.222. The highest BCUT2D eigenvalue weighted by molar-refractivity contribution is 7.89. The number of ether oxygens (including phenoxy) is 1. The van der Waals surface area contributed by atoms with Gasteiger partial charge in [0.15, 0.2) is 0 Å². The predicted molar refractivity (Wildman–Crippen MR) is 146 cm³/mol. The van der Waals surface area contributed by atoms with Crippen LogP contribution >= 0.6 is 11.3 Å². The van der Waals surface area contributed by atoms with E-state index in [0.29, 0.717) is 29.1 Å². The van der Waals surface area contributed by atoms with E-state index in [9.17, 15) is 17.6 Å². The van der Waals surface area contributed by atoms with Gasteiger partial charge in [-0.15, -0.1) is 0 Å². The van der Waals surface area contributed by atoms with Crippen LogP contribution < -0.4 is 9.75 Å². The van der Waals surface area contributed by atoms with Gasteiger partial charge in [0.2, 0.25) is 15.2 Å². The standard InChI is InChI=1S/C27H25FN4O4S2/c1-36-22-10-5-19(6-11-22)18-29-32(27-30-24-14-9-21(28)17-25(24)37-27)26(33)20-7-12-23(13-8-20)38(34,35)31-15-3-2-4-16-31/h5-14,17-18H,2-4,15-16H2,1H3/b29-18+. The summed E-state index contributed by atoms with van der Waals surface area (Å²) in [4.78, 5) is 18.2. The highest BCUT2D eigenvalue weighted by Crippen LogP contribution is 2.31. The zero-order chi connectivity index (χ0) is 26.7. The van der Waals surface area contributed by atoms with Crippen LogP contribution in [0.5, 0.6) is 5.75 Å². The minimum Gasteiger partial charge on any atom is -0.497 e. The lowest BCUT2D eigenvalue weighted by Crippen LogP contribution is -2.35. The van der Waals surface area contributed by atoms with E-state index in [1.165, 1.54) is 46.9 Å². The van der Waals surface area contributed by atoms with Gasteiger partial charge in [0, 0.05) is 18.7 Å². The zero-order valence-electron chi connectivity index (χ0n) is 20.6. The number of methoxy groups -OCH3 is 1. The van der Waals surface area contributed by atoms with E-state index in [-0.39, 0.29) is 15.6 Å². The van der Waals surface area contributed by atoms with E-state index in [2.05, 4.69) is 10.1 Å². The molecule has 0 bridgehead atoms. The minimum absolute atomic E-state index is 0.139. The van der Waals surface area contributed by atoms with Crippen LogP contribution in [0.3, 0.4) is 0 Å². The van der Waals surface area contributed by atoms with Crippen molar-refractivity contribution in [3.05, 3.63) is 83.7 Å². The molecule has 38 heavy (non-hydrogen) atoms. The lowest BCUT2D eigenvalue weighted by Gasteiger charge is -2.25. The number of aromatic nitrogens is 1. The Bertz CT molecular complexity index is 1580. The van der Waals surface area contributed by atoms with Crippen LogP contribution in [0.1, 0.15) is 35.2 Å². The maximum Gasteiger partial charge on any atom is 0.280 e. The van der Waals surface area contributed by atoms with Crippen molar-refractivity contribution in [2.75, 3.05) is 25.2 Å². The maximum atomic E-state index is 13.8. The van der Waals surface area contributed by atoms with Crippen molar-refractivity contribution in [2.45, 2.75) is 24.2 Å². The third kappa shape index (κ3) is 5.45. The number of carbonyl (C=O) groups is 1. The monoisotopic (exact) mass is 552 g/mol. The van der Waals surface area contributed by atoms with Crippen molar-refractivity contribution in [3.63, 3.8) is 0 Å². The number of hydrogen-bond donors (Lipinski definition) is 0. The zero-order valence-corrected chi connectivity index (χ0v) is 22.2. The molecule has 196 valence electrons. The summed E-state index contributed by atoms with van der Waals surface area (Å²) in [5.74, 6) is -0.225. The molecule has 0 N–H and O–H groups in total. The summed E-state index contributed by atoms with van der Waals surface area (Å²) in [6.45, 7) is 0.990. The summed E-state index contributed by atoms with van der Waals surface area (Å²) in [5.41, 5.74) is 1.49. The van der Waals surface area contributed by atoms with Gasteiger partial charge in [-0.3, -0.25) is 4.79 Å². The van der Waals surface area contributed by atoms with E-state index >= 15 is 0 Å². The summed E-state index contributed by atoms with van der Waals surface area (Å²) in [6, 6.07) is 17.2. The average Bonchev–Trinajstić information content (AvgIpc) is 3.36. The molecule has 8 nitrogen and oxygen atoms in total. The Kier molecular flexibility index (Phi) is 7.50. The Labute approximate surface area is 224 Å².